The van der Waals surface area contributed by atoms with Crippen LogP contribution in [0.25, 0.3) is 0 Å². The van der Waals surface area contributed by atoms with E-state index in [0.717, 1.165) is 0 Å². The molecule has 0 aromatic carbocycles. The summed E-state index contributed by atoms with van der Waals surface area (Å²) in [5.74, 6) is 2.76. The summed E-state index contributed by atoms with van der Waals surface area (Å²) in [6, 6.07) is 0. The Bertz CT molecular complexity index is 135. The molecule has 0 saturated heterocycles. The van der Waals surface area contributed by atoms with Crippen molar-refractivity contribution < 1.29 is 0 Å². The summed E-state index contributed by atoms with van der Waals surface area (Å²) in [5.41, 5.74) is 0. The van der Waals surface area contributed by atoms with Crippen molar-refractivity contribution in [3.63, 3.8) is 0 Å². The molecule has 0 aliphatic heterocycles. The summed E-state index contributed by atoms with van der Waals surface area (Å²) in [7, 11) is 0. The van der Waals surface area contributed by atoms with Crippen molar-refractivity contribution in [1.82, 2.24) is 0 Å². The second kappa shape index (κ2) is 10.4. The van der Waals surface area contributed by atoms with E-state index >= 15 is 0 Å². The summed E-state index contributed by atoms with van der Waals surface area (Å²) in [5, 5.41) is 0. The first-order valence-electron chi connectivity index (χ1n) is 5.41. The Balaban J connectivity index is 2.96. The zero-order valence-corrected chi connectivity index (χ0v) is 10.8. The largest absolute Gasteiger partial charge is 0.119 e. The van der Waals surface area contributed by atoms with Crippen molar-refractivity contribution in [3.05, 3.63) is 0 Å². The monoisotopic (exact) mass is 292 g/mol. The molecule has 0 nitrogen and oxygen atoms in total. The number of halogens is 1. The zero-order valence-electron chi connectivity index (χ0n) is 8.69. The maximum absolute atomic E-state index is 5.29. The lowest BCUT2D eigenvalue weighted by Gasteiger charge is -2.02. The topological polar surface area (TPSA) is 0 Å². The van der Waals surface area contributed by atoms with E-state index in [0.29, 0.717) is 3.92 Å². The van der Waals surface area contributed by atoms with Crippen LogP contribution in [0, 0.1) is 12.3 Å². The average Bonchev–Trinajstić information content (AvgIpc) is 2.16. The Morgan fingerprint density at radius 3 is 2.15 bits per heavy atom. The van der Waals surface area contributed by atoms with Gasteiger partial charge < -0.3 is 0 Å². The van der Waals surface area contributed by atoms with Crippen LogP contribution in [0.1, 0.15) is 58.3 Å². The second-order valence-corrected chi connectivity index (χ2v) is 5.05. The number of rotatable bonds is 8. The Labute approximate surface area is 97.0 Å². The third-order valence-electron chi connectivity index (χ3n) is 2.24. The van der Waals surface area contributed by atoms with Gasteiger partial charge in [0.15, 0.2) is 0 Å². The predicted molar refractivity (Wildman–Crippen MR) is 69.3 cm³/mol. The van der Waals surface area contributed by atoms with E-state index < -0.39 is 0 Å². The lowest BCUT2D eigenvalue weighted by atomic mass is 10.1. The Kier molecular flexibility index (Phi) is 10.6. The molecule has 0 aromatic rings. The molecule has 76 valence electrons. The highest BCUT2D eigenvalue weighted by molar-refractivity contribution is 14.1. The van der Waals surface area contributed by atoms with Gasteiger partial charge in [0, 0.05) is 0 Å². The molecule has 0 saturated carbocycles. The smallest absolute Gasteiger partial charge is 0.0716 e. The molecule has 1 heteroatoms. The molecule has 0 aliphatic carbocycles. The first kappa shape index (κ1) is 13.3. The first-order valence-corrected chi connectivity index (χ1v) is 6.66. The van der Waals surface area contributed by atoms with Gasteiger partial charge in [-0.25, -0.2) is 0 Å². The quantitative estimate of drug-likeness (QED) is 0.266. The highest BCUT2D eigenvalue weighted by atomic mass is 127. The minimum atomic E-state index is 0.452. The number of unbranched alkanes of at least 4 members (excludes halogenated alkanes) is 6. The van der Waals surface area contributed by atoms with Crippen LogP contribution in [0.4, 0.5) is 0 Å². The van der Waals surface area contributed by atoms with Gasteiger partial charge in [-0.15, -0.1) is 6.42 Å². The highest BCUT2D eigenvalue weighted by Crippen LogP contribution is 2.12. The fourth-order valence-electron chi connectivity index (χ4n) is 1.36. The molecule has 0 aromatic heterocycles. The fraction of sp³-hybridized carbons (Fsp3) is 0.833. The molecule has 0 bridgehead atoms. The van der Waals surface area contributed by atoms with Crippen LogP contribution in [0.2, 0.25) is 0 Å². The molecule has 0 N–H and O–H groups in total. The SMILES string of the molecule is C#CC(I)CCCCCCCCC. The zero-order chi connectivity index (χ0) is 9.94. The van der Waals surface area contributed by atoms with Crippen LogP contribution < -0.4 is 0 Å². The number of terminal acetylenes is 1. The van der Waals surface area contributed by atoms with Crippen molar-refractivity contribution in [2.24, 2.45) is 0 Å². The van der Waals surface area contributed by atoms with E-state index in [9.17, 15) is 0 Å². The van der Waals surface area contributed by atoms with Gasteiger partial charge in [-0.1, -0.05) is 80.4 Å². The van der Waals surface area contributed by atoms with E-state index in [1.807, 2.05) is 0 Å². The van der Waals surface area contributed by atoms with E-state index in [-0.39, 0.29) is 0 Å². The first-order chi connectivity index (χ1) is 6.31. The molecule has 0 rings (SSSR count). The van der Waals surface area contributed by atoms with Crippen molar-refractivity contribution in [1.29, 1.82) is 0 Å². The lowest BCUT2D eigenvalue weighted by Crippen LogP contribution is -1.91. The highest BCUT2D eigenvalue weighted by Gasteiger charge is 1.97. The van der Waals surface area contributed by atoms with Crippen molar-refractivity contribution in [3.8, 4) is 12.3 Å². The summed E-state index contributed by atoms with van der Waals surface area (Å²) in [6.45, 7) is 2.26. The van der Waals surface area contributed by atoms with E-state index in [1.54, 1.807) is 0 Å². The van der Waals surface area contributed by atoms with Crippen LogP contribution in [-0.4, -0.2) is 3.92 Å². The van der Waals surface area contributed by atoms with Crippen molar-refractivity contribution >= 4 is 22.6 Å². The van der Waals surface area contributed by atoms with Gasteiger partial charge in [0.05, 0.1) is 3.92 Å². The molecule has 0 amide bonds. The Morgan fingerprint density at radius 2 is 1.62 bits per heavy atom. The van der Waals surface area contributed by atoms with Gasteiger partial charge in [-0.2, -0.15) is 0 Å². The van der Waals surface area contributed by atoms with E-state index in [4.69, 9.17) is 6.42 Å². The summed E-state index contributed by atoms with van der Waals surface area (Å²) in [6.07, 6.45) is 16.1. The molecular formula is C12H21I. The molecule has 13 heavy (non-hydrogen) atoms. The van der Waals surface area contributed by atoms with E-state index in [1.165, 1.54) is 51.4 Å². The summed E-state index contributed by atoms with van der Waals surface area (Å²) in [4.78, 5) is 0. The van der Waals surface area contributed by atoms with Gasteiger partial charge in [-0.3, -0.25) is 0 Å². The van der Waals surface area contributed by atoms with Crippen LogP contribution in [0.5, 0.6) is 0 Å². The lowest BCUT2D eigenvalue weighted by molar-refractivity contribution is 0.582. The van der Waals surface area contributed by atoms with Gasteiger partial charge in [-0.05, 0) is 6.42 Å². The van der Waals surface area contributed by atoms with Crippen LogP contribution in [0.3, 0.4) is 0 Å². The third kappa shape index (κ3) is 10.2. The predicted octanol–water partition coefficient (Wildman–Crippen LogP) is 4.56. The van der Waals surface area contributed by atoms with E-state index in [2.05, 4.69) is 35.4 Å². The average molecular weight is 292 g/mol. The maximum atomic E-state index is 5.29. The van der Waals surface area contributed by atoms with Crippen molar-refractivity contribution in [2.75, 3.05) is 0 Å². The Morgan fingerprint density at radius 1 is 1.08 bits per heavy atom. The maximum Gasteiger partial charge on any atom is 0.0716 e. The summed E-state index contributed by atoms with van der Waals surface area (Å²) >= 11 is 2.34. The third-order valence-corrected chi connectivity index (χ3v) is 3.22. The van der Waals surface area contributed by atoms with Gasteiger partial charge in [0.1, 0.15) is 0 Å². The molecule has 0 fully saturated rings. The second-order valence-electron chi connectivity index (χ2n) is 3.54. The molecule has 0 spiro atoms. The molecule has 1 atom stereocenters. The molecule has 0 heterocycles. The number of hydrogen-bond acceptors (Lipinski definition) is 0. The van der Waals surface area contributed by atoms with Crippen LogP contribution >= 0.6 is 22.6 Å². The molecule has 0 aliphatic rings. The van der Waals surface area contributed by atoms with Crippen molar-refractivity contribution in [2.45, 2.75) is 62.2 Å². The van der Waals surface area contributed by atoms with Gasteiger partial charge in [0.25, 0.3) is 0 Å². The fourth-order valence-corrected chi connectivity index (χ4v) is 1.80. The minimum Gasteiger partial charge on any atom is -0.119 e. The van der Waals surface area contributed by atoms with Crippen LogP contribution in [0.15, 0.2) is 0 Å². The summed E-state index contributed by atoms with van der Waals surface area (Å²) < 4.78 is 0.452. The molecular weight excluding hydrogens is 271 g/mol. The standard InChI is InChI=1S/C12H21I/c1-3-5-6-7-8-9-10-11-12(13)4-2/h2,12H,3,5-11H2,1H3. The molecule has 1 unspecified atom stereocenters. The number of alkyl halides is 1. The van der Waals surface area contributed by atoms with Gasteiger partial charge in [0.2, 0.25) is 0 Å². The molecule has 0 radical (unpaired) electrons. The van der Waals surface area contributed by atoms with Crippen LogP contribution in [-0.2, 0) is 0 Å². The van der Waals surface area contributed by atoms with Gasteiger partial charge >= 0.3 is 0 Å². The normalized spacial score (nSPS) is 12.4. The number of hydrogen-bond donors (Lipinski definition) is 0. The minimum absolute atomic E-state index is 0.452. The Hall–Kier alpha value is 0.290.